The van der Waals surface area contributed by atoms with E-state index in [9.17, 15) is 0 Å². The van der Waals surface area contributed by atoms with Crippen LogP contribution in [0.5, 0.6) is 0 Å². The number of hydrogen-bond acceptors (Lipinski definition) is 2. The summed E-state index contributed by atoms with van der Waals surface area (Å²) in [5, 5.41) is 0. The molecule has 90 valence electrons. The molecule has 1 heterocycles. The minimum Gasteiger partial charge on any atom is -0.413 e. The lowest BCUT2D eigenvalue weighted by atomic mass is 10.1. The largest absolute Gasteiger partial charge is 0.413 e. The fraction of sp³-hybridized carbons (Fsp3) is 1.00. The maximum atomic E-state index is 6.22. The third kappa shape index (κ3) is 4.80. The van der Waals surface area contributed by atoms with E-state index < -0.39 is 16.6 Å². The minimum absolute atomic E-state index is 0.511. The molecule has 1 saturated heterocycles. The monoisotopic (exact) mass is 245 g/mol. The van der Waals surface area contributed by atoms with Gasteiger partial charge in [-0.25, -0.2) is 0 Å². The number of nitrogens with zero attached hydrogens (tertiary/aromatic N) is 1. The first-order valence-electron chi connectivity index (χ1n) is 6.11. The smallest absolute Gasteiger partial charge is 0.184 e. The third-order valence-corrected chi connectivity index (χ3v) is 6.19. The van der Waals surface area contributed by atoms with Gasteiger partial charge in [-0.05, 0) is 39.0 Å². The van der Waals surface area contributed by atoms with Crippen molar-refractivity contribution >= 4 is 16.6 Å². The summed E-state index contributed by atoms with van der Waals surface area (Å²) in [4.78, 5) is 0. The van der Waals surface area contributed by atoms with E-state index in [0.29, 0.717) is 6.10 Å². The molecule has 0 saturated carbocycles. The molecule has 0 radical (unpaired) electrons. The zero-order valence-corrected chi connectivity index (χ0v) is 13.3. The lowest BCUT2D eigenvalue weighted by Gasteiger charge is -2.42. The Balaban J connectivity index is 2.50. The van der Waals surface area contributed by atoms with Crippen LogP contribution in [0.4, 0.5) is 0 Å². The Hall–Kier alpha value is 0.354. The highest BCUT2D eigenvalue weighted by Gasteiger charge is 2.31. The van der Waals surface area contributed by atoms with Crippen LogP contribution in [0.2, 0.25) is 39.3 Å². The Morgan fingerprint density at radius 3 is 2.13 bits per heavy atom. The van der Waals surface area contributed by atoms with Crippen LogP contribution >= 0.6 is 0 Å². The van der Waals surface area contributed by atoms with Gasteiger partial charge in [0.1, 0.15) is 8.24 Å². The summed E-state index contributed by atoms with van der Waals surface area (Å²) < 4.78 is 8.92. The van der Waals surface area contributed by atoms with Gasteiger partial charge in [-0.15, -0.1) is 0 Å². The van der Waals surface area contributed by atoms with E-state index in [-0.39, 0.29) is 0 Å². The lowest BCUT2D eigenvalue weighted by molar-refractivity contribution is 0.120. The van der Waals surface area contributed by atoms with E-state index >= 15 is 0 Å². The fourth-order valence-corrected chi connectivity index (χ4v) is 4.92. The normalized spacial score (nSPS) is 25.6. The van der Waals surface area contributed by atoms with Gasteiger partial charge in [-0.2, -0.15) is 0 Å². The van der Waals surface area contributed by atoms with E-state index in [0.717, 1.165) is 0 Å². The van der Waals surface area contributed by atoms with Crippen LogP contribution in [-0.2, 0) is 4.43 Å². The number of piperidine rings is 1. The Kier molecular flexibility index (Phi) is 4.20. The Labute approximate surface area is 97.2 Å². The molecule has 1 atom stereocenters. The topological polar surface area (TPSA) is 12.5 Å². The van der Waals surface area contributed by atoms with Crippen molar-refractivity contribution in [1.29, 1.82) is 0 Å². The van der Waals surface area contributed by atoms with Gasteiger partial charge < -0.3 is 8.99 Å². The Bertz CT molecular complexity index is 208. The molecular formula is C11H27NOSi2. The van der Waals surface area contributed by atoms with E-state index in [1.54, 1.807) is 0 Å². The summed E-state index contributed by atoms with van der Waals surface area (Å²) in [5.41, 5.74) is 0. The molecule has 0 bridgehead atoms. The second-order valence-corrected chi connectivity index (χ2v) is 16.0. The predicted octanol–water partition coefficient (Wildman–Crippen LogP) is 3.14. The molecule has 4 heteroatoms. The minimum atomic E-state index is -1.34. The van der Waals surface area contributed by atoms with Gasteiger partial charge in [0.2, 0.25) is 0 Å². The average molecular weight is 246 g/mol. The van der Waals surface area contributed by atoms with Crippen molar-refractivity contribution in [2.24, 2.45) is 0 Å². The van der Waals surface area contributed by atoms with Crippen molar-refractivity contribution in [3.05, 3.63) is 0 Å². The maximum absolute atomic E-state index is 6.22. The first kappa shape index (κ1) is 13.4. The van der Waals surface area contributed by atoms with Crippen LogP contribution in [0.25, 0.3) is 0 Å². The van der Waals surface area contributed by atoms with Crippen LogP contribution in [0, 0.1) is 0 Å². The zero-order valence-electron chi connectivity index (χ0n) is 11.3. The van der Waals surface area contributed by atoms with Gasteiger partial charge in [0.25, 0.3) is 0 Å². The SMILES string of the molecule is C[Si](C)(C)OC1CCCN([Si](C)(C)C)C1. The molecule has 0 spiro atoms. The van der Waals surface area contributed by atoms with E-state index in [1.807, 2.05) is 0 Å². The third-order valence-electron chi connectivity index (χ3n) is 2.85. The molecule has 1 unspecified atom stereocenters. The molecule has 1 rings (SSSR count). The summed E-state index contributed by atoms with van der Waals surface area (Å²) in [6.07, 6.45) is 3.10. The quantitative estimate of drug-likeness (QED) is 0.708. The van der Waals surface area contributed by atoms with Crippen LogP contribution in [0.1, 0.15) is 12.8 Å². The summed E-state index contributed by atoms with van der Waals surface area (Å²) in [5.74, 6) is 0. The molecule has 0 N–H and O–H groups in total. The molecule has 1 fully saturated rings. The van der Waals surface area contributed by atoms with Gasteiger partial charge in [-0.3, -0.25) is 0 Å². The molecular weight excluding hydrogens is 218 g/mol. The molecule has 0 aromatic heterocycles. The van der Waals surface area contributed by atoms with Gasteiger partial charge in [0.15, 0.2) is 8.32 Å². The lowest BCUT2D eigenvalue weighted by Crippen LogP contribution is -2.54. The summed E-state index contributed by atoms with van der Waals surface area (Å²) in [6, 6.07) is 0. The average Bonchev–Trinajstić information content (AvgIpc) is 1.99. The molecule has 1 aliphatic rings. The summed E-state index contributed by atoms with van der Waals surface area (Å²) in [6.45, 7) is 16.7. The summed E-state index contributed by atoms with van der Waals surface area (Å²) in [7, 11) is -2.45. The van der Waals surface area contributed by atoms with Crippen molar-refractivity contribution in [2.45, 2.75) is 58.2 Å². The highest BCUT2D eigenvalue weighted by atomic mass is 28.4. The van der Waals surface area contributed by atoms with Crippen LogP contribution < -0.4 is 0 Å². The van der Waals surface area contributed by atoms with E-state index in [2.05, 4.69) is 43.8 Å². The van der Waals surface area contributed by atoms with E-state index in [4.69, 9.17) is 4.43 Å². The molecule has 2 nitrogen and oxygen atoms in total. The number of rotatable bonds is 3. The highest BCUT2D eigenvalue weighted by Crippen LogP contribution is 2.21. The highest BCUT2D eigenvalue weighted by molar-refractivity contribution is 6.73. The number of hydrogen-bond donors (Lipinski definition) is 0. The van der Waals surface area contributed by atoms with Crippen molar-refractivity contribution in [3.8, 4) is 0 Å². The van der Waals surface area contributed by atoms with Gasteiger partial charge in [-0.1, -0.05) is 19.6 Å². The van der Waals surface area contributed by atoms with Crippen LogP contribution in [-0.4, -0.2) is 40.3 Å². The van der Waals surface area contributed by atoms with Crippen molar-refractivity contribution in [2.75, 3.05) is 13.1 Å². The second-order valence-electron chi connectivity index (χ2n) is 6.61. The van der Waals surface area contributed by atoms with Gasteiger partial charge >= 0.3 is 0 Å². The molecule has 15 heavy (non-hydrogen) atoms. The van der Waals surface area contributed by atoms with Gasteiger partial charge in [0, 0.05) is 6.54 Å². The molecule has 0 aliphatic carbocycles. The molecule has 0 aromatic carbocycles. The van der Waals surface area contributed by atoms with Gasteiger partial charge in [0.05, 0.1) is 6.10 Å². The van der Waals surface area contributed by atoms with Crippen molar-refractivity contribution in [1.82, 2.24) is 4.57 Å². The Morgan fingerprint density at radius 2 is 1.67 bits per heavy atom. The fourth-order valence-electron chi connectivity index (χ4n) is 2.14. The van der Waals surface area contributed by atoms with Crippen molar-refractivity contribution in [3.63, 3.8) is 0 Å². The standard InChI is InChI=1S/C11H27NOSi2/c1-14(2,3)12-9-7-8-11(10-12)13-15(4,5)6/h11H,7-10H2,1-6H3. The first-order chi connectivity index (χ1) is 6.68. The maximum Gasteiger partial charge on any atom is 0.184 e. The van der Waals surface area contributed by atoms with Crippen LogP contribution in [0.15, 0.2) is 0 Å². The molecule has 1 aliphatic heterocycles. The molecule has 0 amide bonds. The second kappa shape index (κ2) is 4.69. The van der Waals surface area contributed by atoms with Crippen molar-refractivity contribution < 1.29 is 4.43 Å². The Morgan fingerprint density at radius 1 is 1.07 bits per heavy atom. The summed E-state index contributed by atoms with van der Waals surface area (Å²) >= 11 is 0. The first-order valence-corrected chi connectivity index (χ1v) is 13.0. The van der Waals surface area contributed by atoms with Crippen LogP contribution in [0.3, 0.4) is 0 Å². The molecule has 0 aromatic rings. The predicted molar refractivity (Wildman–Crippen MR) is 72.4 cm³/mol. The zero-order chi connectivity index (χ0) is 11.7. The van der Waals surface area contributed by atoms with E-state index in [1.165, 1.54) is 25.9 Å².